The zero-order valence-electron chi connectivity index (χ0n) is 9.66. The maximum absolute atomic E-state index is 6.14. The Morgan fingerprint density at radius 3 is 2.53 bits per heavy atom. The number of aromatic nitrogens is 2. The average molecular weight is 269 g/mol. The fourth-order valence-corrected chi connectivity index (χ4v) is 2.05. The van der Waals surface area contributed by atoms with Gasteiger partial charge in [0.25, 0.3) is 0 Å². The molecule has 0 saturated heterocycles. The smallest absolute Gasteiger partial charge is 0.127 e. The van der Waals surface area contributed by atoms with Gasteiger partial charge < -0.3 is 0 Å². The van der Waals surface area contributed by atoms with Crippen LogP contribution in [0.1, 0.15) is 24.6 Å². The lowest BCUT2D eigenvalue weighted by atomic mass is 10.2. The quantitative estimate of drug-likeness (QED) is 0.813. The van der Waals surface area contributed by atoms with Crippen LogP contribution in [0.25, 0.3) is 0 Å². The number of aryl methyl sites for hydroxylation is 1. The first-order valence-electron chi connectivity index (χ1n) is 5.65. The number of nitrogens with zero attached hydrogens (tertiary/aromatic N) is 2. The van der Waals surface area contributed by atoms with Crippen molar-refractivity contribution in [3.63, 3.8) is 0 Å². The maximum Gasteiger partial charge on any atom is 0.127 e. The van der Waals surface area contributed by atoms with Gasteiger partial charge in [0, 0.05) is 5.02 Å². The third-order valence-corrected chi connectivity index (χ3v) is 3.09. The summed E-state index contributed by atoms with van der Waals surface area (Å²) in [6.45, 7) is 2.81. The van der Waals surface area contributed by atoms with Crippen molar-refractivity contribution in [1.82, 2.24) is 9.78 Å². The molecule has 0 spiro atoms. The van der Waals surface area contributed by atoms with E-state index in [0.29, 0.717) is 11.7 Å². The van der Waals surface area contributed by atoms with Gasteiger partial charge in [-0.15, -0.1) is 0 Å². The first-order chi connectivity index (χ1) is 8.19. The summed E-state index contributed by atoms with van der Waals surface area (Å²) in [5.41, 5.74) is 2.19. The SMILES string of the molecule is CCCc1cc(Cl)n(Cc2ccc(Cl)cc2)n1. The van der Waals surface area contributed by atoms with E-state index in [1.807, 2.05) is 35.0 Å². The number of rotatable bonds is 4. The van der Waals surface area contributed by atoms with Crippen molar-refractivity contribution in [3.05, 3.63) is 51.8 Å². The van der Waals surface area contributed by atoms with Gasteiger partial charge in [0.2, 0.25) is 0 Å². The molecule has 0 radical (unpaired) electrons. The first kappa shape index (κ1) is 12.5. The second-order valence-corrected chi connectivity index (χ2v) is 4.82. The molecule has 1 aromatic heterocycles. The monoisotopic (exact) mass is 268 g/mol. The Hall–Kier alpha value is -0.990. The van der Waals surface area contributed by atoms with Crippen LogP contribution in [0.15, 0.2) is 30.3 Å². The van der Waals surface area contributed by atoms with Gasteiger partial charge in [-0.05, 0) is 30.2 Å². The Balaban J connectivity index is 2.15. The highest BCUT2D eigenvalue weighted by Gasteiger charge is 2.05. The highest BCUT2D eigenvalue weighted by molar-refractivity contribution is 6.30. The van der Waals surface area contributed by atoms with Crippen LogP contribution >= 0.6 is 23.2 Å². The van der Waals surface area contributed by atoms with Gasteiger partial charge in [0.15, 0.2) is 0 Å². The summed E-state index contributed by atoms with van der Waals surface area (Å²) in [5, 5.41) is 5.90. The predicted molar refractivity (Wildman–Crippen MR) is 71.8 cm³/mol. The Morgan fingerprint density at radius 1 is 1.18 bits per heavy atom. The zero-order chi connectivity index (χ0) is 12.3. The fourth-order valence-electron chi connectivity index (χ4n) is 1.70. The number of hydrogen-bond acceptors (Lipinski definition) is 1. The second kappa shape index (κ2) is 5.56. The number of hydrogen-bond donors (Lipinski definition) is 0. The van der Waals surface area contributed by atoms with Gasteiger partial charge in [0.05, 0.1) is 12.2 Å². The van der Waals surface area contributed by atoms with Crippen molar-refractivity contribution in [2.45, 2.75) is 26.3 Å². The average Bonchev–Trinajstić information content (AvgIpc) is 2.63. The van der Waals surface area contributed by atoms with E-state index in [2.05, 4.69) is 12.0 Å². The van der Waals surface area contributed by atoms with Gasteiger partial charge >= 0.3 is 0 Å². The van der Waals surface area contributed by atoms with Crippen molar-refractivity contribution in [1.29, 1.82) is 0 Å². The maximum atomic E-state index is 6.14. The summed E-state index contributed by atoms with van der Waals surface area (Å²) in [7, 11) is 0. The van der Waals surface area contributed by atoms with E-state index >= 15 is 0 Å². The number of benzene rings is 1. The van der Waals surface area contributed by atoms with E-state index in [9.17, 15) is 0 Å². The molecule has 0 bridgehead atoms. The molecular weight excluding hydrogens is 255 g/mol. The summed E-state index contributed by atoms with van der Waals surface area (Å²) >= 11 is 12.0. The van der Waals surface area contributed by atoms with Crippen LogP contribution in [0, 0.1) is 0 Å². The van der Waals surface area contributed by atoms with E-state index < -0.39 is 0 Å². The zero-order valence-corrected chi connectivity index (χ0v) is 11.2. The molecule has 2 rings (SSSR count). The molecule has 0 aliphatic carbocycles. The van der Waals surface area contributed by atoms with Crippen LogP contribution in [0.2, 0.25) is 10.2 Å². The Morgan fingerprint density at radius 2 is 1.88 bits per heavy atom. The number of halogens is 2. The van der Waals surface area contributed by atoms with Crippen LogP contribution in [-0.4, -0.2) is 9.78 Å². The second-order valence-electron chi connectivity index (χ2n) is 3.99. The molecule has 2 aromatic rings. The minimum absolute atomic E-state index is 0.680. The summed E-state index contributed by atoms with van der Waals surface area (Å²) in [5.74, 6) is 0. The molecule has 0 unspecified atom stereocenters. The van der Waals surface area contributed by atoms with Crippen LogP contribution in [0.3, 0.4) is 0 Å². The molecule has 4 heteroatoms. The topological polar surface area (TPSA) is 17.8 Å². The minimum Gasteiger partial charge on any atom is -0.249 e. The molecule has 17 heavy (non-hydrogen) atoms. The van der Waals surface area contributed by atoms with Gasteiger partial charge in [-0.2, -0.15) is 5.10 Å². The summed E-state index contributed by atoms with van der Waals surface area (Å²) in [6.07, 6.45) is 2.04. The molecule has 1 aromatic carbocycles. The Bertz CT molecular complexity index is 489. The van der Waals surface area contributed by atoms with Crippen LogP contribution < -0.4 is 0 Å². The molecule has 0 amide bonds. The summed E-state index contributed by atoms with van der Waals surface area (Å²) < 4.78 is 1.82. The first-order valence-corrected chi connectivity index (χ1v) is 6.41. The predicted octanol–water partition coefficient (Wildman–Crippen LogP) is 4.19. The fraction of sp³-hybridized carbons (Fsp3) is 0.308. The molecule has 0 N–H and O–H groups in total. The molecule has 0 aliphatic heterocycles. The van der Waals surface area contributed by atoms with Gasteiger partial charge in [0.1, 0.15) is 5.15 Å². The summed E-state index contributed by atoms with van der Waals surface area (Å²) in [6, 6.07) is 9.66. The van der Waals surface area contributed by atoms with E-state index in [-0.39, 0.29) is 0 Å². The highest BCUT2D eigenvalue weighted by Crippen LogP contribution is 2.16. The third-order valence-electron chi connectivity index (χ3n) is 2.53. The van der Waals surface area contributed by atoms with Crippen molar-refractivity contribution in [2.75, 3.05) is 0 Å². The summed E-state index contributed by atoms with van der Waals surface area (Å²) in [4.78, 5) is 0. The molecule has 0 aliphatic rings. The molecule has 0 saturated carbocycles. The van der Waals surface area contributed by atoms with Gasteiger partial charge in [-0.3, -0.25) is 0 Å². The highest BCUT2D eigenvalue weighted by atomic mass is 35.5. The van der Waals surface area contributed by atoms with Crippen LogP contribution in [-0.2, 0) is 13.0 Å². The van der Waals surface area contributed by atoms with Gasteiger partial charge in [-0.1, -0.05) is 48.7 Å². The third kappa shape index (κ3) is 3.24. The molecule has 0 fully saturated rings. The van der Waals surface area contributed by atoms with Crippen LogP contribution in [0.4, 0.5) is 0 Å². The molecule has 90 valence electrons. The lowest BCUT2D eigenvalue weighted by Gasteiger charge is -2.03. The molecule has 1 heterocycles. The van der Waals surface area contributed by atoms with Gasteiger partial charge in [-0.25, -0.2) is 4.68 Å². The largest absolute Gasteiger partial charge is 0.249 e. The standard InChI is InChI=1S/C13H14Cl2N2/c1-2-3-12-8-13(15)17(16-12)9-10-4-6-11(14)7-5-10/h4-8H,2-3,9H2,1H3. The Labute approximate surface area is 111 Å². The van der Waals surface area contributed by atoms with E-state index in [1.165, 1.54) is 0 Å². The van der Waals surface area contributed by atoms with Crippen LogP contribution in [0.5, 0.6) is 0 Å². The molecular formula is C13H14Cl2N2. The minimum atomic E-state index is 0.680. The van der Waals surface area contributed by atoms with E-state index in [4.69, 9.17) is 23.2 Å². The van der Waals surface area contributed by atoms with Crippen molar-refractivity contribution >= 4 is 23.2 Å². The van der Waals surface area contributed by atoms with E-state index in [0.717, 1.165) is 29.1 Å². The van der Waals surface area contributed by atoms with Crippen molar-refractivity contribution in [2.24, 2.45) is 0 Å². The van der Waals surface area contributed by atoms with E-state index in [1.54, 1.807) is 0 Å². The van der Waals surface area contributed by atoms with Crippen molar-refractivity contribution < 1.29 is 0 Å². The van der Waals surface area contributed by atoms with Crippen molar-refractivity contribution in [3.8, 4) is 0 Å². The normalized spacial score (nSPS) is 10.8. The molecule has 0 atom stereocenters. The lowest BCUT2D eigenvalue weighted by molar-refractivity contribution is 0.668. The Kier molecular flexibility index (Phi) is 4.08. The molecule has 2 nitrogen and oxygen atoms in total. The lowest BCUT2D eigenvalue weighted by Crippen LogP contribution is -2.02.